The molecule has 1 aromatic carbocycles. The first-order chi connectivity index (χ1) is 11.0. The van der Waals surface area contributed by atoms with E-state index >= 15 is 0 Å². The molecule has 0 saturated carbocycles. The van der Waals surface area contributed by atoms with Crippen LogP contribution in [0.25, 0.3) is 11.3 Å². The van der Waals surface area contributed by atoms with Crippen molar-refractivity contribution in [3.63, 3.8) is 0 Å². The highest BCUT2D eigenvalue weighted by molar-refractivity contribution is 7.09. The lowest BCUT2D eigenvalue weighted by Crippen LogP contribution is -2.38. The Kier molecular flexibility index (Phi) is 5.21. The van der Waals surface area contributed by atoms with Gasteiger partial charge in [0, 0.05) is 22.5 Å². The van der Waals surface area contributed by atoms with E-state index in [1.807, 2.05) is 11.4 Å². The van der Waals surface area contributed by atoms with Gasteiger partial charge in [0.15, 0.2) is 0 Å². The number of thiazole rings is 1. The van der Waals surface area contributed by atoms with Gasteiger partial charge in [0.25, 0.3) is 0 Å². The topological polar surface area (TPSA) is 53.4 Å². The Labute approximate surface area is 148 Å². The second-order valence-electron chi connectivity index (χ2n) is 5.66. The van der Waals surface area contributed by atoms with Gasteiger partial charge in [-0.3, -0.25) is 9.69 Å². The van der Waals surface area contributed by atoms with Crippen LogP contribution in [0.15, 0.2) is 23.6 Å². The molecule has 1 saturated heterocycles. The Hall–Kier alpha value is -1.14. The lowest BCUT2D eigenvalue weighted by atomic mass is 9.98. The van der Waals surface area contributed by atoms with Crippen LogP contribution in [0.1, 0.15) is 17.8 Å². The molecule has 1 aliphatic rings. The van der Waals surface area contributed by atoms with Gasteiger partial charge in [-0.2, -0.15) is 0 Å². The molecule has 3 rings (SSSR count). The molecule has 1 N–H and O–H groups in total. The summed E-state index contributed by atoms with van der Waals surface area (Å²) in [7, 11) is 0. The number of carboxylic acid groups (broad SMARTS) is 1. The molecule has 1 fully saturated rings. The van der Waals surface area contributed by atoms with Crippen molar-refractivity contribution in [1.82, 2.24) is 9.88 Å². The Bertz CT molecular complexity index is 720. The van der Waals surface area contributed by atoms with Crippen molar-refractivity contribution in [2.75, 3.05) is 13.1 Å². The smallest absolute Gasteiger partial charge is 0.307 e. The first-order valence-corrected chi connectivity index (χ1v) is 9.01. The summed E-state index contributed by atoms with van der Waals surface area (Å²) >= 11 is 13.8. The van der Waals surface area contributed by atoms with Crippen molar-refractivity contribution in [3.8, 4) is 11.3 Å². The fourth-order valence-electron chi connectivity index (χ4n) is 2.79. The summed E-state index contributed by atoms with van der Waals surface area (Å²) in [6.07, 6.45) is 1.67. The van der Waals surface area contributed by atoms with Crippen molar-refractivity contribution in [3.05, 3.63) is 38.6 Å². The van der Waals surface area contributed by atoms with Crippen molar-refractivity contribution in [2.24, 2.45) is 5.92 Å². The van der Waals surface area contributed by atoms with Crippen molar-refractivity contribution in [1.29, 1.82) is 0 Å². The van der Waals surface area contributed by atoms with Gasteiger partial charge in [-0.1, -0.05) is 23.2 Å². The Balaban J connectivity index is 1.72. The van der Waals surface area contributed by atoms with E-state index in [4.69, 9.17) is 28.3 Å². The summed E-state index contributed by atoms with van der Waals surface area (Å²) in [5.74, 6) is -0.981. The number of piperidine rings is 1. The van der Waals surface area contributed by atoms with E-state index in [-0.39, 0.29) is 5.92 Å². The number of carbonyl (C=O) groups is 1. The standard InChI is InChI=1S/C16H16Cl2N2O2S/c17-11-3-4-13(18)12(6-11)14-9-23-15(19-14)8-20-5-1-2-10(7-20)16(21)22/h3-4,6,9-10H,1-2,5,7-8H2,(H,21,22). The van der Waals surface area contributed by atoms with Crippen LogP contribution in [0.3, 0.4) is 0 Å². The third-order valence-electron chi connectivity index (χ3n) is 3.97. The molecule has 23 heavy (non-hydrogen) atoms. The van der Waals surface area contributed by atoms with E-state index in [1.54, 1.807) is 23.5 Å². The van der Waals surface area contributed by atoms with Crippen LogP contribution in [0, 0.1) is 5.92 Å². The summed E-state index contributed by atoms with van der Waals surface area (Å²) in [6.45, 7) is 2.17. The minimum atomic E-state index is -0.708. The van der Waals surface area contributed by atoms with Crippen LogP contribution in [-0.2, 0) is 11.3 Å². The predicted octanol–water partition coefficient (Wildman–Crippen LogP) is 4.41. The second kappa shape index (κ2) is 7.18. The molecule has 0 radical (unpaired) electrons. The third-order valence-corrected chi connectivity index (χ3v) is 5.37. The maximum atomic E-state index is 11.1. The molecule has 122 valence electrons. The zero-order chi connectivity index (χ0) is 16.4. The number of benzene rings is 1. The minimum absolute atomic E-state index is 0.273. The monoisotopic (exact) mass is 370 g/mol. The molecule has 1 unspecified atom stereocenters. The third kappa shape index (κ3) is 4.04. The van der Waals surface area contributed by atoms with Crippen LogP contribution < -0.4 is 0 Å². The van der Waals surface area contributed by atoms with Gasteiger partial charge < -0.3 is 5.11 Å². The number of aromatic nitrogens is 1. The first kappa shape index (κ1) is 16.7. The number of aliphatic carboxylic acids is 1. The summed E-state index contributed by atoms with van der Waals surface area (Å²) in [4.78, 5) is 17.9. The average molecular weight is 371 g/mol. The maximum Gasteiger partial charge on any atom is 0.307 e. The molecular weight excluding hydrogens is 355 g/mol. The highest BCUT2D eigenvalue weighted by Crippen LogP contribution is 2.32. The SMILES string of the molecule is O=C(O)C1CCCN(Cc2nc(-c3cc(Cl)ccc3Cl)cs2)C1. The largest absolute Gasteiger partial charge is 0.481 e. The molecule has 2 aromatic rings. The summed E-state index contributed by atoms with van der Waals surface area (Å²) < 4.78 is 0. The molecule has 0 bridgehead atoms. The number of likely N-dealkylation sites (tertiary alicyclic amines) is 1. The van der Waals surface area contributed by atoms with Crippen molar-refractivity contribution >= 4 is 40.5 Å². The number of hydrogen-bond donors (Lipinski definition) is 1. The summed E-state index contributed by atoms with van der Waals surface area (Å²) in [5.41, 5.74) is 1.63. The summed E-state index contributed by atoms with van der Waals surface area (Å²) in [6, 6.07) is 5.32. The lowest BCUT2D eigenvalue weighted by molar-refractivity contribution is -0.143. The van der Waals surface area contributed by atoms with Crippen molar-refractivity contribution < 1.29 is 9.90 Å². The molecule has 0 spiro atoms. The first-order valence-electron chi connectivity index (χ1n) is 7.38. The predicted molar refractivity (Wildman–Crippen MR) is 93.2 cm³/mol. The van der Waals surface area contributed by atoms with E-state index in [0.717, 1.165) is 35.7 Å². The van der Waals surface area contributed by atoms with E-state index in [9.17, 15) is 4.79 Å². The number of hydrogen-bond acceptors (Lipinski definition) is 4. The fourth-order valence-corrected chi connectivity index (χ4v) is 4.01. The van der Waals surface area contributed by atoms with E-state index in [2.05, 4.69) is 9.88 Å². The van der Waals surface area contributed by atoms with Crippen LogP contribution in [0.5, 0.6) is 0 Å². The van der Waals surface area contributed by atoms with Crippen molar-refractivity contribution in [2.45, 2.75) is 19.4 Å². The Morgan fingerprint density at radius 3 is 3.04 bits per heavy atom. The highest BCUT2D eigenvalue weighted by atomic mass is 35.5. The van der Waals surface area contributed by atoms with Gasteiger partial charge in [0.05, 0.1) is 23.2 Å². The highest BCUT2D eigenvalue weighted by Gasteiger charge is 2.25. The van der Waals surface area contributed by atoms with E-state index in [1.165, 1.54) is 0 Å². The average Bonchev–Trinajstić information content (AvgIpc) is 2.98. The van der Waals surface area contributed by atoms with Gasteiger partial charge in [0.2, 0.25) is 0 Å². The second-order valence-corrected chi connectivity index (χ2v) is 7.45. The minimum Gasteiger partial charge on any atom is -0.481 e. The van der Waals surface area contributed by atoms with Crippen LogP contribution in [0.4, 0.5) is 0 Å². The molecule has 1 aliphatic heterocycles. The molecule has 1 atom stereocenters. The normalized spacial score (nSPS) is 19.0. The maximum absolute atomic E-state index is 11.1. The van der Waals surface area contributed by atoms with E-state index in [0.29, 0.717) is 23.1 Å². The fraction of sp³-hybridized carbons (Fsp3) is 0.375. The number of halogens is 2. The van der Waals surface area contributed by atoms with E-state index < -0.39 is 5.97 Å². The molecule has 1 aromatic heterocycles. The Morgan fingerprint density at radius 2 is 2.26 bits per heavy atom. The molecular formula is C16H16Cl2N2O2S. The number of nitrogens with zero attached hydrogens (tertiary/aromatic N) is 2. The van der Waals surface area contributed by atoms with Crippen LogP contribution in [-0.4, -0.2) is 34.0 Å². The van der Waals surface area contributed by atoms with Gasteiger partial charge in [-0.25, -0.2) is 4.98 Å². The van der Waals surface area contributed by atoms with Gasteiger partial charge in [-0.15, -0.1) is 11.3 Å². The molecule has 4 nitrogen and oxygen atoms in total. The Morgan fingerprint density at radius 1 is 1.43 bits per heavy atom. The molecule has 2 heterocycles. The zero-order valence-electron chi connectivity index (χ0n) is 12.3. The summed E-state index contributed by atoms with van der Waals surface area (Å²) in [5, 5.41) is 13.3. The van der Waals surface area contributed by atoms with Gasteiger partial charge in [-0.05, 0) is 37.6 Å². The molecule has 7 heteroatoms. The van der Waals surface area contributed by atoms with Gasteiger partial charge in [0.1, 0.15) is 5.01 Å². The number of rotatable bonds is 4. The van der Waals surface area contributed by atoms with Crippen LogP contribution >= 0.6 is 34.5 Å². The number of carboxylic acids is 1. The van der Waals surface area contributed by atoms with Crippen LogP contribution in [0.2, 0.25) is 10.0 Å². The molecule has 0 aliphatic carbocycles. The van der Waals surface area contributed by atoms with Gasteiger partial charge >= 0.3 is 5.97 Å². The zero-order valence-corrected chi connectivity index (χ0v) is 14.7. The quantitative estimate of drug-likeness (QED) is 0.865. The molecule has 0 amide bonds. The lowest BCUT2D eigenvalue weighted by Gasteiger charge is -2.29.